The molecule has 32 heavy (non-hydrogen) atoms. The molecule has 1 aromatic rings. The monoisotopic (exact) mass is 442 g/mol. The predicted octanol–water partition coefficient (Wildman–Crippen LogP) is 1.69. The van der Waals surface area contributed by atoms with E-state index >= 15 is 0 Å². The number of carbonyl (C=O) groups is 2. The van der Waals surface area contributed by atoms with Crippen LogP contribution in [0.4, 0.5) is 11.8 Å². The minimum Gasteiger partial charge on any atom is -0.370 e. The third-order valence-corrected chi connectivity index (χ3v) is 6.63. The Kier molecular flexibility index (Phi) is 6.37. The summed E-state index contributed by atoms with van der Waals surface area (Å²) < 4.78 is 5.67. The van der Waals surface area contributed by atoms with Crippen molar-refractivity contribution in [3.8, 4) is 0 Å². The fraction of sp³-hybridized carbons (Fsp3) is 0.652. The summed E-state index contributed by atoms with van der Waals surface area (Å²) in [5.41, 5.74) is 2.02. The predicted molar refractivity (Wildman–Crippen MR) is 122 cm³/mol. The zero-order chi connectivity index (χ0) is 22.9. The second-order valence-electron chi connectivity index (χ2n) is 9.71. The van der Waals surface area contributed by atoms with Gasteiger partial charge < -0.3 is 25.2 Å². The minimum atomic E-state index is -0.0163. The third-order valence-electron chi connectivity index (χ3n) is 6.63. The molecule has 3 aliphatic heterocycles. The standard InChI is InChI=1S/C23H34N6O3/c1-5-20(31)29-13-23(14-29)6-7-28(12-23)22-26-18-11-32-10-17(18)21(27-22)25-16(8-15(2)3)9-19(30)24-4/h5,15-16H,1,6-14H2,2-4H3,(H,24,30)(H,25,26,27)/t16-/m0/s1. The van der Waals surface area contributed by atoms with Gasteiger partial charge >= 0.3 is 0 Å². The highest BCUT2D eigenvalue weighted by molar-refractivity contribution is 5.87. The molecule has 4 heterocycles. The Morgan fingerprint density at radius 3 is 2.72 bits per heavy atom. The van der Waals surface area contributed by atoms with Crippen LogP contribution >= 0.6 is 0 Å². The first kappa shape index (κ1) is 22.5. The van der Waals surface area contributed by atoms with Crippen molar-refractivity contribution >= 4 is 23.6 Å². The van der Waals surface area contributed by atoms with Crippen LogP contribution in [0.3, 0.4) is 0 Å². The number of likely N-dealkylation sites (tertiary alicyclic amines) is 1. The van der Waals surface area contributed by atoms with E-state index in [1.165, 1.54) is 6.08 Å². The lowest BCUT2D eigenvalue weighted by Gasteiger charge is -2.47. The van der Waals surface area contributed by atoms with Crippen molar-refractivity contribution in [3.63, 3.8) is 0 Å². The van der Waals surface area contributed by atoms with Gasteiger partial charge in [0, 0.05) is 56.7 Å². The minimum absolute atomic E-state index is 0.00111. The molecule has 0 aromatic carbocycles. The maximum absolute atomic E-state index is 12.1. The Bertz CT molecular complexity index is 896. The van der Waals surface area contributed by atoms with Gasteiger partial charge in [-0.1, -0.05) is 20.4 Å². The maximum Gasteiger partial charge on any atom is 0.245 e. The van der Waals surface area contributed by atoms with Gasteiger partial charge in [0.05, 0.1) is 18.9 Å². The first-order chi connectivity index (χ1) is 15.3. The fourth-order valence-electron chi connectivity index (χ4n) is 4.99. The molecule has 0 aliphatic carbocycles. The van der Waals surface area contributed by atoms with E-state index in [1.807, 2.05) is 4.90 Å². The highest BCUT2D eigenvalue weighted by Gasteiger charge is 2.49. The van der Waals surface area contributed by atoms with Gasteiger partial charge in [-0.25, -0.2) is 4.98 Å². The molecule has 0 radical (unpaired) electrons. The Labute approximate surface area is 189 Å². The van der Waals surface area contributed by atoms with Gasteiger partial charge in [0.15, 0.2) is 0 Å². The molecule has 9 heteroatoms. The molecule has 1 spiro atoms. The molecule has 2 N–H and O–H groups in total. The summed E-state index contributed by atoms with van der Waals surface area (Å²) in [6.07, 6.45) is 3.65. The number of hydrogen-bond acceptors (Lipinski definition) is 7. The SMILES string of the molecule is C=CC(=O)N1CC2(CCN(c3nc4c(c(N[C@H](CC(=O)NC)CC(C)C)n3)COC4)C2)C1. The van der Waals surface area contributed by atoms with Crippen molar-refractivity contribution in [1.29, 1.82) is 0 Å². The van der Waals surface area contributed by atoms with Crippen LogP contribution in [0.5, 0.6) is 0 Å². The summed E-state index contributed by atoms with van der Waals surface area (Å²) in [6.45, 7) is 12.1. The van der Waals surface area contributed by atoms with Crippen LogP contribution in [0, 0.1) is 11.3 Å². The molecule has 2 saturated heterocycles. The normalized spacial score (nSPS) is 19.6. The lowest BCUT2D eigenvalue weighted by Crippen LogP contribution is -2.59. The van der Waals surface area contributed by atoms with Gasteiger partial charge in [-0.2, -0.15) is 4.98 Å². The molecule has 0 saturated carbocycles. The summed E-state index contributed by atoms with van der Waals surface area (Å²) in [7, 11) is 1.66. The Morgan fingerprint density at radius 2 is 2.03 bits per heavy atom. The van der Waals surface area contributed by atoms with Gasteiger partial charge in [-0.05, 0) is 24.8 Å². The number of anilines is 2. The van der Waals surface area contributed by atoms with Crippen LogP contribution in [0.25, 0.3) is 0 Å². The number of aromatic nitrogens is 2. The number of fused-ring (bicyclic) bond motifs is 1. The van der Waals surface area contributed by atoms with Gasteiger partial charge in [-0.15, -0.1) is 0 Å². The van der Waals surface area contributed by atoms with Gasteiger partial charge in [-0.3, -0.25) is 9.59 Å². The number of ether oxygens (including phenoxy) is 1. The maximum atomic E-state index is 12.1. The third kappa shape index (κ3) is 4.57. The van der Waals surface area contributed by atoms with Crippen LogP contribution in [0.2, 0.25) is 0 Å². The topological polar surface area (TPSA) is 99.7 Å². The molecule has 9 nitrogen and oxygen atoms in total. The molecule has 2 fully saturated rings. The van der Waals surface area contributed by atoms with E-state index in [0.717, 1.165) is 56.1 Å². The number of nitrogens with zero attached hydrogens (tertiary/aromatic N) is 4. The quantitative estimate of drug-likeness (QED) is 0.591. The molecule has 174 valence electrons. The van der Waals surface area contributed by atoms with Crippen LogP contribution in [-0.2, 0) is 27.5 Å². The van der Waals surface area contributed by atoms with E-state index in [1.54, 1.807) is 7.05 Å². The zero-order valence-electron chi connectivity index (χ0n) is 19.3. The van der Waals surface area contributed by atoms with E-state index in [0.29, 0.717) is 31.5 Å². The summed E-state index contributed by atoms with van der Waals surface area (Å²) >= 11 is 0. The van der Waals surface area contributed by atoms with Crippen molar-refractivity contribution in [3.05, 3.63) is 23.9 Å². The molecule has 1 atom stereocenters. The van der Waals surface area contributed by atoms with Crippen molar-refractivity contribution in [2.75, 3.05) is 43.4 Å². The van der Waals surface area contributed by atoms with Gasteiger partial charge in [0.25, 0.3) is 0 Å². The summed E-state index contributed by atoms with van der Waals surface area (Å²) in [5, 5.41) is 6.26. The van der Waals surface area contributed by atoms with Gasteiger partial charge in [0.1, 0.15) is 5.82 Å². The van der Waals surface area contributed by atoms with Crippen LogP contribution in [0.1, 0.15) is 44.4 Å². The molecule has 4 rings (SSSR count). The molecule has 3 aliphatic rings. The summed E-state index contributed by atoms with van der Waals surface area (Å²) in [6, 6.07) is -0.0163. The number of amides is 2. The van der Waals surface area contributed by atoms with Crippen molar-refractivity contribution in [2.24, 2.45) is 11.3 Å². The number of carbonyl (C=O) groups excluding carboxylic acids is 2. The fourth-order valence-corrected chi connectivity index (χ4v) is 4.99. The van der Waals surface area contributed by atoms with Crippen LogP contribution in [-0.4, -0.2) is 66.0 Å². The zero-order valence-corrected chi connectivity index (χ0v) is 19.3. The van der Waals surface area contributed by atoms with E-state index in [9.17, 15) is 9.59 Å². The van der Waals surface area contributed by atoms with E-state index < -0.39 is 0 Å². The highest BCUT2D eigenvalue weighted by atomic mass is 16.5. The molecular formula is C23H34N6O3. The second kappa shape index (κ2) is 9.05. The first-order valence-electron chi connectivity index (χ1n) is 11.4. The smallest absolute Gasteiger partial charge is 0.245 e. The highest BCUT2D eigenvalue weighted by Crippen LogP contribution is 2.41. The van der Waals surface area contributed by atoms with E-state index in [-0.39, 0.29) is 23.3 Å². The number of rotatable bonds is 8. The Morgan fingerprint density at radius 1 is 1.25 bits per heavy atom. The van der Waals surface area contributed by atoms with Crippen LogP contribution in [0.15, 0.2) is 12.7 Å². The molecular weight excluding hydrogens is 408 g/mol. The molecule has 0 bridgehead atoms. The lowest BCUT2D eigenvalue weighted by atomic mass is 9.79. The second-order valence-corrected chi connectivity index (χ2v) is 9.71. The van der Waals surface area contributed by atoms with Gasteiger partial charge in [0.2, 0.25) is 17.8 Å². The summed E-state index contributed by atoms with van der Waals surface area (Å²) in [4.78, 5) is 37.7. The number of hydrogen-bond donors (Lipinski definition) is 2. The van der Waals surface area contributed by atoms with Crippen molar-refractivity contribution in [1.82, 2.24) is 20.2 Å². The largest absolute Gasteiger partial charge is 0.370 e. The average molecular weight is 443 g/mol. The molecule has 0 unspecified atom stereocenters. The van der Waals surface area contributed by atoms with E-state index in [4.69, 9.17) is 14.7 Å². The summed E-state index contributed by atoms with van der Waals surface area (Å²) in [5.74, 6) is 1.93. The first-order valence-corrected chi connectivity index (χ1v) is 11.4. The molecule has 1 aromatic heterocycles. The number of nitrogens with one attached hydrogen (secondary N) is 2. The van der Waals surface area contributed by atoms with Crippen LogP contribution < -0.4 is 15.5 Å². The Balaban J connectivity index is 1.51. The Hall–Kier alpha value is -2.68. The molecule has 2 amide bonds. The van der Waals surface area contributed by atoms with Crippen molar-refractivity contribution < 1.29 is 14.3 Å². The van der Waals surface area contributed by atoms with E-state index in [2.05, 4.69) is 36.0 Å². The average Bonchev–Trinajstić information content (AvgIpc) is 3.38. The van der Waals surface area contributed by atoms with Crippen molar-refractivity contribution in [2.45, 2.75) is 52.4 Å². The lowest BCUT2D eigenvalue weighted by molar-refractivity contribution is -0.136.